The zero-order valence-electron chi connectivity index (χ0n) is 18.5. The zero-order chi connectivity index (χ0) is 22.1. The summed E-state index contributed by atoms with van der Waals surface area (Å²) in [5.41, 5.74) is 5.89. The molecule has 0 fully saturated rings. The van der Waals surface area contributed by atoms with E-state index in [-0.39, 0.29) is 11.2 Å². The van der Waals surface area contributed by atoms with Crippen molar-refractivity contribution < 1.29 is 9.66 Å². The highest BCUT2D eigenvalue weighted by molar-refractivity contribution is 5.92. The number of allylic oxidation sites excluding steroid dienone is 1. The number of nitrogens with zero attached hydrogens (tertiary/aromatic N) is 3. The lowest BCUT2D eigenvalue weighted by Crippen LogP contribution is -2.45. The molecule has 0 aliphatic carbocycles. The lowest BCUT2D eigenvalue weighted by Gasteiger charge is -2.43. The van der Waals surface area contributed by atoms with Gasteiger partial charge in [-0.15, -0.1) is 0 Å². The third-order valence-corrected chi connectivity index (χ3v) is 5.51. The Morgan fingerprint density at radius 3 is 2.57 bits per heavy atom. The van der Waals surface area contributed by atoms with E-state index in [0.717, 1.165) is 29.8 Å². The highest BCUT2D eigenvalue weighted by atomic mass is 16.6. The molecule has 6 nitrogen and oxygen atoms in total. The second kappa shape index (κ2) is 8.30. The van der Waals surface area contributed by atoms with E-state index in [0.29, 0.717) is 5.69 Å². The fourth-order valence-electron chi connectivity index (χ4n) is 4.07. The van der Waals surface area contributed by atoms with E-state index in [9.17, 15) is 10.1 Å². The third kappa shape index (κ3) is 4.08. The van der Waals surface area contributed by atoms with Gasteiger partial charge in [-0.2, -0.15) is 0 Å². The summed E-state index contributed by atoms with van der Waals surface area (Å²) in [7, 11) is 1.66. The highest BCUT2D eigenvalue weighted by Gasteiger charge is 2.31. The average Bonchev–Trinajstić information content (AvgIpc) is 2.69. The Hall–Kier alpha value is -3.15. The fraction of sp³-hybridized carbons (Fsp3) is 0.375. The van der Waals surface area contributed by atoms with Crippen LogP contribution in [0, 0.1) is 17.0 Å². The molecule has 0 unspecified atom stereocenters. The topological polar surface area (TPSA) is 68.0 Å². The molecule has 158 valence electrons. The summed E-state index contributed by atoms with van der Waals surface area (Å²) in [6.07, 6.45) is 5.13. The molecular weight excluding hydrogens is 378 g/mol. The largest absolute Gasteiger partial charge is 0.496 e. The van der Waals surface area contributed by atoms with Crippen LogP contribution in [0.15, 0.2) is 41.4 Å². The number of benzene rings is 2. The molecule has 1 heterocycles. The number of hydrogen-bond donors (Lipinski definition) is 0. The van der Waals surface area contributed by atoms with Crippen molar-refractivity contribution in [1.82, 2.24) is 0 Å². The van der Waals surface area contributed by atoms with Crippen molar-refractivity contribution >= 4 is 28.8 Å². The molecule has 30 heavy (non-hydrogen) atoms. The van der Waals surface area contributed by atoms with E-state index in [1.165, 1.54) is 29.0 Å². The van der Waals surface area contributed by atoms with Gasteiger partial charge in [0.15, 0.2) is 0 Å². The molecule has 1 aliphatic heterocycles. The zero-order valence-corrected chi connectivity index (χ0v) is 18.5. The summed E-state index contributed by atoms with van der Waals surface area (Å²) in [6, 6.07) is 8.89. The lowest BCUT2D eigenvalue weighted by molar-refractivity contribution is -0.384. The van der Waals surface area contributed by atoms with Crippen LogP contribution in [0.2, 0.25) is 0 Å². The van der Waals surface area contributed by atoms with E-state index in [4.69, 9.17) is 4.74 Å². The van der Waals surface area contributed by atoms with Crippen molar-refractivity contribution in [2.45, 2.75) is 46.6 Å². The van der Waals surface area contributed by atoms with Crippen molar-refractivity contribution in [2.75, 3.05) is 18.6 Å². The minimum Gasteiger partial charge on any atom is -0.496 e. The molecule has 0 saturated carbocycles. The van der Waals surface area contributed by atoms with Gasteiger partial charge in [0, 0.05) is 47.8 Å². The molecule has 0 amide bonds. The Labute approximate surface area is 178 Å². The minimum absolute atomic E-state index is 0.0659. The van der Waals surface area contributed by atoms with Crippen LogP contribution in [0.1, 0.15) is 50.8 Å². The first-order valence-electron chi connectivity index (χ1n) is 10.2. The Morgan fingerprint density at radius 1 is 1.23 bits per heavy atom. The summed E-state index contributed by atoms with van der Waals surface area (Å²) >= 11 is 0. The Kier molecular flexibility index (Phi) is 5.97. The molecule has 0 atom stereocenters. The number of nitro groups is 1. The van der Waals surface area contributed by atoms with Gasteiger partial charge in [0.1, 0.15) is 5.75 Å². The number of nitro benzene ring substituents is 1. The lowest BCUT2D eigenvalue weighted by atomic mass is 9.87. The second-order valence-corrected chi connectivity index (χ2v) is 8.23. The summed E-state index contributed by atoms with van der Waals surface area (Å²) < 4.78 is 5.68. The van der Waals surface area contributed by atoms with Crippen molar-refractivity contribution in [3.05, 3.63) is 63.2 Å². The minimum atomic E-state index is -0.397. The van der Waals surface area contributed by atoms with Gasteiger partial charge < -0.3 is 9.64 Å². The third-order valence-electron chi connectivity index (χ3n) is 5.51. The number of anilines is 1. The number of rotatable bonds is 6. The van der Waals surface area contributed by atoms with Crippen LogP contribution < -0.4 is 9.64 Å². The smallest absolute Gasteiger partial charge is 0.269 e. The standard InChI is InChI=1S/C24H29N3O3/c1-7-10-26-22-13-23(30-6)18(12-20(22)17(3)14-24(26,4)5)15-25-21-9-8-19(27(28)29)11-16(21)2/h8-9,11-15H,7,10H2,1-6H3. The number of methoxy groups -OCH3 is 1. The van der Waals surface area contributed by atoms with Crippen LogP contribution in [-0.4, -0.2) is 30.3 Å². The molecule has 0 saturated heterocycles. The maximum atomic E-state index is 11.0. The Balaban J connectivity index is 2.05. The molecule has 3 rings (SSSR count). The maximum absolute atomic E-state index is 11.0. The fourth-order valence-corrected chi connectivity index (χ4v) is 4.07. The van der Waals surface area contributed by atoms with Crippen LogP contribution >= 0.6 is 0 Å². The van der Waals surface area contributed by atoms with Gasteiger partial charge in [0.05, 0.1) is 23.3 Å². The molecule has 0 radical (unpaired) electrons. The van der Waals surface area contributed by atoms with E-state index >= 15 is 0 Å². The molecule has 0 N–H and O–H groups in total. The molecule has 0 aromatic heterocycles. The van der Waals surface area contributed by atoms with Crippen molar-refractivity contribution in [3.8, 4) is 5.75 Å². The summed E-state index contributed by atoms with van der Waals surface area (Å²) in [5, 5.41) is 11.0. The number of non-ortho nitro benzene ring substituents is 1. The molecule has 0 bridgehead atoms. The second-order valence-electron chi connectivity index (χ2n) is 8.23. The van der Waals surface area contributed by atoms with Gasteiger partial charge in [-0.25, -0.2) is 0 Å². The number of aliphatic imine (C=N–C) groups is 1. The summed E-state index contributed by atoms with van der Waals surface area (Å²) in [5.74, 6) is 0.753. The first-order chi connectivity index (χ1) is 14.2. The van der Waals surface area contributed by atoms with Crippen LogP contribution in [0.5, 0.6) is 5.75 Å². The molecule has 2 aromatic carbocycles. The first kappa shape index (κ1) is 21.6. The van der Waals surface area contributed by atoms with Gasteiger partial charge in [-0.05, 0) is 57.4 Å². The SMILES string of the molecule is CCCN1c2cc(OC)c(C=Nc3ccc([N+](=O)[O-])cc3C)cc2C(C)=CC1(C)C. The summed E-state index contributed by atoms with van der Waals surface area (Å²) in [4.78, 5) is 17.6. The van der Waals surface area contributed by atoms with Gasteiger partial charge in [-0.3, -0.25) is 15.1 Å². The molecular formula is C24H29N3O3. The van der Waals surface area contributed by atoms with Crippen LogP contribution in [-0.2, 0) is 0 Å². The molecule has 1 aliphatic rings. The van der Waals surface area contributed by atoms with Gasteiger partial charge >= 0.3 is 0 Å². The van der Waals surface area contributed by atoms with Crippen molar-refractivity contribution in [3.63, 3.8) is 0 Å². The van der Waals surface area contributed by atoms with Gasteiger partial charge in [-0.1, -0.05) is 13.0 Å². The van der Waals surface area contributed by atoms with E-state index < -0.39 is 4.92 Å². The van der Waals surface area contributed by atoms with E-state index in [1.54, 1.807) is 19.4 Å². The first-order valence-corrected chi connectivity index (χ1v) is 10.2. The summed E-state index contributed by atoms with van der Waals surface area (Å²) in [6.45, 7) is 11.6. The Bertz CT molecular complexity index is 1040. The van der Waals surface area contributed by atoms with Gasteiger partial charge in [0.25, 0.3) is 5.69 Å². The molecule has 2 aromatic rings. The number of hydrogen-bond acceptors (Lipinski definition) is 5. The van der Waals surface area contributed by atoms with Crippen LogP contribution in [0.25, 0.3) is 5.57 Å². The predicted octanol–water partition coefficient (Wildman–Crippen LogP) is 6.07. The monoisotopic (exact) mass is 407 g/mol. The van der Waals surface area contributed by atoms with E-state index in [2.05, 4.69) is 55.8 Å². The van der Waals surface area contributed by atoms with E-state index in [1.807, 2.05) is 6.92 Å². The molecule has 6 heteroatoms. The normalized spacial score (nSPS) is 15.1. The number of fused-ring (bicyclic) bond motifs is 1. The average molecular weight is 408 g/mol. The predicted molar refractivity (Wildman–Crippen MR) is 123 cm³/mol. The number of ether oxygens (including phenoxy) is 1. The van der Waals surface area contributed by atoms with Crippen molar-refractivity contribution in [1.29, 1.82) is 0 Å². The highest BCUT2D eigenvalue weighted by Crippen LogP contribution is 2.42. The van der Waals surface area contributed by atoms with Gasteiger partial charge in [0.2, 0.25) is 0 Å². The number of aryl methyl sites for hydroxylation is 1. The Morgan fingerprint density at radius 2 is 1.97 bits per heavy atom. The van der Waals surface area contributed by atoms with Crippen LogP contribution in [0.3, 0.4) is 0 Å². The van der Waals surface area contributed by atoms with Crippen molar-refractivity contribution in [2.24, 2.45) is 4.99 Å². The van der Waals surface area contributed by atoms with Crippen LogP contribution in [0.4, 0.5) is 17.1 Å². The quantitative estimate of drug-likeness (QED) is 0.331. The molecule has 0 spiro atoms. The maximum Gasteiger partial charge on any atom is 0.269 e.